The van der Waals surface area contributed by atoms with Crippen molar-refractivity contribution in [1.82, 2.24) is 10.2 Å². The Kier molecular flexibility index (Phi) is 2.17. The van der Waals surface area contributed by atoms with E-state index in [1.807, 2.05) is 6.07 Å². The van der Waals surface area contributed by atoms with Gasteiger partial charge in [-0.1, -0.05) is 13.8 Å². The number of hydrogen-bond acceptors (Lipinski definition) is 3. The van der Waals surface area contributed by atoms with Gasteiger partial charge in [-0.25, -0.2) is 0 Å². The van der Waals surface area contributed by atoms with Crippen LogP contribution < -0.4 is 4.74 Å². The van der Waals surface area contributed by atoms with Crippen molar-refractivity contribution >= 4 is 0 Å². The van der Waals surface area contributed by atoms with E-state index >= 15 is 0 Å². The number of hydrogen-bond donors (Lipinski definition) is 0. The zero-order valence-corrected chi connectivity index (χ0v) is 8.03. The van der Waals surface area contributed by atoms with Gasteiger partial charge in [0.2, 0.25) is 5.88 Å². The highest BCUT2D eigenvalue weighted by Gasteiger charge is 2.24. The summed E-state index contributed by atoms with van der Waals surface area (Å²) in [5.41, 5.74) is 1.19. The van der Waals surface area contributed by atoms with E-state index in [0.717, 1.165) is 12.8 Å². The van der Waals surface area contributed by atoms with Crippen LogP contribution in [0.4, 0.5) is 0 Å². The first-order valence-electron chi connectivity index (χ1n) is 4.75. The third-order valence-electron chi connectivity index (χ3n) is 2.13. The van der Waals surface area contributed by atoms with Crippen molar-refractivity contribution in [2.75, 3.05) is 0 Å². The summed E-state index contributed by atoms with van der Waals surface area (Å²) in [5.74, 6) is 1.16. The van der Waals surface area contributed by atoms with Gasteiger partial charge in [-0.05, 0) is 24.3 Å². The molecule has 1 saturated carbocycles. The summed E-state index contributed by atoms with van der Waals surface area (Å²) >= 11 is 0. The number of ether oxygens (including phenoxy) is 1. The minimum atomic E-state index is 0.400. The van der Waals surface area contributed by atoms with Gasteiger partial charge in [0.15, 0.2) is 0 Å². The monoisotopic (exact) mass is 178 g/mol. The molecule has 0 spiro atoms. The normalized spacial score (nSPS) is 16.2. The van der Waals surface area contributed by atoms with Crippen LogP contribution in [0.3, 0.4) is 0 Å². The molecule has 1 aliphatic rings. The van der Waals surface area contributed by atoms with Gasteiger partial charge in [0.05, 0.1) is 6.20 Å². The molecule has 0 N–H and O–H groups in total. The van der Waals surface area contributed by atoms with Crippen LogP contribution in [0.2, 0.25) is 0 Å². The highest BCUT2D eigenvalue weighted by Crippen LogP contribution is 2.26. The van der Waals surface area contributed by atoms with Crippen molar-refractivity contribution in [1.29, 1.82) is 0 Å². The first-order chi connectivity index (χ1) is 6.25. The standard InChI is InChI=1S/C10H14N2O/c1-7(2)8-5-10(12-11-6-8)13-9-3-4-9/h5-7,9H,3-4H2,1-2H3. The molecular formula is C10H14N2O. The van der Waals surface area contributed by atoms with E-state index in [0.29, 0.717) is 17.9 Å². The number of aromatic nitrogens is 2. The molecule has 70 valence electrons. The summed E-state index contributed by atoms with van der Waals surface area (Å²) in [7, 11) is 0. The van der Waals surface area contributed by atoms with Crippen LogP contribution in [0.5, 0.6) is 5.88 Å². The molecule has 0 amide bonds. The summed E-state index contributed by atoms with van der Waals surface area (Å²) in [4.78, 5) is 0. The molecule has 3 heteroatoms. The molecule has 0 radical (unpaired) electrons. The van der Waals surface area contributed by atoms with E-state index < -0.39 is 0 Å². The Morgan fingerprint density at radius 1 is 1.46 bits per heavy atom. The van der Waals surface area contributed by atoms with Crippen molar-refractivity contribution in [3.8, 4) is 5.88 Å². The van der Waals surface area contributed by atoms with E-state index in [9.17, 15) is 0 Å². The molecule has 0 atom stereocenters. The molecular weight excluding hydrogens is 164 g/mol. The average Bonchev–Trinajstić information content (AvgIpc) is 2.89. The molecule has 2 rings (SSSR count). The smallest absolute Gasteiger partial charge is 0.233 e. The average molecular weight is 178 g/mol. The van der Waals surface area contributed by atoms with Gasteiger partial charge < -0.3 is 4.74 Å². The SMILES string of the molecule is CC(C)c1cnnc(OC2CC2)c1. The van der Waals surface area contributed by atoms with E-state index in [2.05, 4.69) is 24.0 Å². The lowest BCUT2D eigenvalue weighted by atomic mass is 10.1. The Morgan fingerprint density at radius 2 is 2.23 bits per heavy atom. The van der Waals surface area contributed by atoms with E-state index in [1.54, 1.807) is 6.20 Å². The van der Waals surface area contributed by atoms with Crippen molar-refractivity contribution in [3.63, 3.8) is 0 Å². The molecule has 0 aliphatic heterocycles. The van der Waals surface area contributed by atoms with Crippen LogP contribution in [-0.2, 0) is 0 Å². The summed E-state index contributed by atoms with van der Waals surface area (Å²) in [6, 6.07) is 1.98. The van der Waals surface area contributed by atoms with E-state index in [1.165, 1.54) is 5.56 Å². The molecule has 1 aliphatic carbocycles. The van der Waals surface area contributed by atoms with Gasteiger partial charge in [-0.3, -0.25) is 0 Å². The lowest BCUT2D eigenvalue weighted by molar-refractivity contribution is 0.287. The molecule has 0 saturated heterocycles. The topological polar surface area (TPSA) is 35.0 Å². The van der Waals surface area contributed by atoms with Crippen molar-refractivity contribution in [2.24, 2.45) is 0 Å². The van der Waals surface area contributed by atoms with Gasteiger partial charge in [0.1, 0.15) is 6.10 Å². The molecule has 0 bridgehead atoms. The highest BCUT2D eigenvalue weighted by atomic mass is 16.5. The molecule has 1 aromatic heterocycles. The quantitative estimate of drug-likeness (QED) is 0.711. The Hall–Kier alpha value is -1.12. The zero-order valence-electron chi connectivity index (χ0n) is 8.03. The first kappa shape index (κ1) is 8.48. The van der Waals surface area contributed by atoms with Gasteiger partial charge in [0, 0.05) is 6.07 Å². The van der Waals surface area contributed by atoms with Gasteiger partial charge in [-0.15, -0.1) is 5.10 Å². The lowest BCUT2D eigenvalue weighted by Crippen LogP contribution is -2.01. The maximum absolute atomic E-state index is 5.54. The fourth-order valence-corrected chi connectivity index (χ4v) is 1.09. The van der Waals surface area contributed by atoms with Crippen LogP contribution >= 0.6 is 0 Å². The fraction of sp³-hybridized carbons (Fsp3) is 0.600. The molecule has 0 unspecified atom stereocenters. The minimum Gasteiger partial charge on any atom is -0.473 e. The molecule has 3 nitrogen and oxygen atoms in total. The molecule has 0 aromatic carbocycles. The molecule has 1 fully saturated rings. The lowest BCUT2D eigenvalue weighted by Gasteiger charge is -2.06. The van der Waals surface area contributed by atoms with Crippen LogP contribution in [-0.4, -0.2) is 16.3 Å². The van der Waals surface area contributed by atoms with Crippen LogP contribution in [0, 0.1) is 0 Å². The predicted octanol–water partition coefficient (Wildman–Crippen LogP) is 2.14. The maximum atomic E-state index is 5.54. The van der Waals surface area contributed by atoms with E-state index in [-0.39, 0.29) is 0 Å². The Bertz CT molecular complexity index is 295. The second kappa shape index (κ2) is 3.32. The number of nitrogens with zero attached hydrogens (tertiary/aromatic N) is 2. The van der Waals surface area contributed by atoms with Gasteiger partial charge in [0.25, 0.3) is 0 Å². The Balaban J connectivity index is 2.11. The second-order valence-electron chi connectivity index (χ2n) is 3.80. The summed E-state index contributed by atoms with van der Waals surface area (Å²) in [6.45, 7) is 4.27. The van der Waals surface area contributed by atoms with Crippen molar-refractivity contribution in [2.45, 2.75) is 38.7 Å². The predicted molar refractivity (Wildman–Crippen MR) is 49.8 cm³/mol. The minimum absolute atomic E-state index is 0.400. The Morgan fingerprint density at radius 3 is 2.85 bits per heavy atom. The molecule has 1 heterocycles. The number of rotatable bonds is 3. The summed E-state index contributed by atoms with van der Waals surface area (Å²) < 4.78 is 5.54. The third-order valence-corrected chi connectivity index (χ3v) is 2.13. The second-order valence-corrected chi connectivity index (χ2v) is 3.80. The fourth-order valence-electron chi connectivity index (χ4n) is 1.09. The van der Waals surface area contributed by atoms with Crippen LogP contribution in [0.1, 0.15) is 38.2 Å². The maximum Gasteiger partial charge on any atom is 0.233 e. The zero-order chi connectivity index (χ0) is 9.26. The first-order valence-corrected chi connectivity index (χ1v) is 4.75. The largest absolute Gasteiger partial charge is 0.473 e. The van der Waals surface area contributed by atoms with Gasteiger partial charge >= 0.3 is 0 Å². The van der Waals surface area contributed by atoms with Crippen molar-refractivity contribution in [3.05, 3.63) is 17.8 Å². The Labute approximate surface area is 78.1 Å². The van der Waals surface area contributed by atoms with Crippen LogP contribution in [0.25, 0.3) is 0 Å². The van der Waals surface area contributed by atoms with Crippen LogP contribution in [0.15, 0.2) is 12.3 Å². The highest BCUT2D eigenvalue weighted by molar-refractivity contribution is 5.20. The molecule has 1 aromatic rings. The summed E-state index contributed by atoms with van der Waals surface area (Å²) in [5, 5.41) is 7.84. The van der Waals surface area contributed by atoms with Gasteiger partial charge in [-0.2, -0.15) is 5.10 Å². The third kappa shape index (κ3) is 2.17. The summed E-state index contributed by atoms with van der Waals surface area (Å²) in [6.07, 6.45) is 4.52. The molecule has 13 heavy (non-hydrogen) atoms. The van der Waals surface area contributed by atoms with Crippen molar-refractivity contribution < 1.29 is 4.74 Å². The van der Waals surface area contributed by atoms with E-state index in [4.69, 9.17) is 4.74 Å².